The summed E-state index contributed by atoms with van der Waals surface area (Å²) in [5.41, 5.74) is 5.25. The van der Waals surface area contributed by atoms with Crippen LogP contribution in [-0.2, 0) is 13.2 Å². The first kappa shape index (κ1) is 21.5. The third kappa shape index (κ3) is 4.08. The number of nitriles is 1. The Hall–Kier alpha value is -3.68. The van der Waals surface area contributed by atoms with Crippen molar-refractivity contribution in [3.05, 3.63) is 53.4 Å². The molecular formula is C21H19F4N7. The molecule has 2 N–H and O–H groups in total. The maximum absolute atomic E-state index is 13.6. The van der Waals surface area contributed by atoms with Crippen molar-refractivity contribution >= 4 is 11.8 Å². The van der Waals surface area contributed by atoms with Crippen molar-refractivity contribution in [1.82, 2.24) is 19.5 Å². The fraction of sp³-hybridized carbons (Fsp3) is 0.333. The second-order valence-electron chi connectivity index (χ2n) is 7.63. The number of anilines is 2. The van der Waals surface area contributed by atoms with E-state index in [4.69, 9.17) is 5.73 Å². The molecule has 2 aromatic heterocycles. The third-order valence-electron chi connectivity index (χ3n) is 5.55. The van der Waals surface area contributed by atoms with Crippen LogP contribution in [0, 0.1) is 17.1 Å². The van der Waals surface area contributed by atoms with Crippen LogP contribution in [0.1, 0.15) is 35.7 Å². The Balaban J connectivity index is 1.54. The predicted octanol–water partition coefficient (Wildman–Crippen LogP) is 3.87. The number of aromatic nitrogens is 4. The second kappa shape index (κ2) is 8.11. The van der Waals surface area contributed by atoms with Gasteiger partial charge in [0.15, 0.2) is 5.82 Å². The summed E-state index contributed by atoms with van der Waals surface area (Å²) < 4.78 is 54.6. The number of benzene rings is 1. The molecule has 32 heavy (non-hydrogen) atoms. The zero-order chi connectivity index (χ0) is 23.0. The van der Waals surface area contributed by atoms with Gasteiger partial charge in [-0.3, -0.25) is 0 Å². The number of hydrogen-bond donors (Lipinski definition) is 1. The van der Waals surface area contributed by atoms with Crippen LogP contribution in [0.4, 0.5) is 29.3 Å². The van der Waals surface area contributed by atoms with E-state index in [1.165, 1.54) is 12.3 Å². The molecule has 0 saturated carbocycles. The van der Waals surface area contributed by atoms with Crippen molar-refractivity contribution in [3.8, 4) is 17.3 Å². The molecule has 0 amide bonds. The zero-order valence-corrected chi connectivity index (χ0v) is 17.1. The van der Waals surface area contributed by atoms with Crippen molar-refractivity contribution in [3.63, 3.8) is 0 Å². The molecule has 1 aliphatic rings. The molecule has 1 aromatic carbocycles. The van der Waals surface area contributed by atoms with Crippen LogP contribution >= 0.6 is 0 Å². The smallest absolute Gasteiger partial charge is 0.368 e. The van der Waals surface area contributed by atoms with Crippen LogP contribution in [0.15, 0.2) is 30.6 Å². The van der Waals surface area contributed by atoms with E-state index in [0.717, 1.165) is 18.0 Å². The van der Waals surface area contributed by atoms with E-state index < -0.39 is 17.6 Å². The summed E-state index contributed by atoms with van der Waals surface area (Å²) in [6.07, 6.45) is -0.329. The predicted molar refractivity (Wildman–Crippen MR) is 109 cm³/mol. The number of rotatable bonds is 3. The second-order valence-corrected chi connectivity index (χ2v) is 7.63. The van der Waals surface area contributed by atoms with Gasteiger partial charge in [0.25, 0.3) is 0 Å². The highest BCUT2D eigenvalue weighted by molar-refractivity contribution is 5.60. The van der Waals surface area contributed by atoms with Crippen LogP contribution in [0.3, 0.4) is 0 Å². The highest BCUT2D eigenvalue weighted by Gasteiger charge is 2.34. The monoisotopic (exact) mass is 445 g/mol. The Morgan fingerprint density at radius 2 is 1.91 bits per heavy atom. The van der Waals surface area contributed by atoms with Gasteiger partial charge < -0.3 is 15.2 Å². The van der Waals surface area contributed by atoms with Crippen LogP contribution in [-0.4, -0.2) is 32.6 Å². The summed E-state index contributed by atoms with van der Waals surface area (Å²) in [5.74, 6) is 0.0710. The maximum Gasteiger partial charge on any atom is 0.419 e. The number of alkyl halides is 3. The number of aryl methyl sites for hydroxylation is 1. The van der Waals surface area contributed by atoms with E-state index in [9.17, 15) is 22.8 Å². The maximum atomic E-state index is 13.6. The first-order valence-corrected chi connectivity index (χ1v) is 9.85. The average Bonchev–Trinajstić information content (AvgIpc) is 3.15. The molecule has 0 spiro atoms. The SMILES string of the molecule is Cn1cc(-c2ccc(F)c(C(F)(F)F)c2)nc1C1CCN(c2nc(N)ncc2C#N)CC1. The number of nitrogens with two attached hydrogens (primary N) is 1. The summed E-state index contributed by atoms with van der Waals surface area (Å²) in [6, 6.07) is 4.96. The molecule has 3 aromatic rings. The Labute approximate surface area is 181 Å². The summed E-state index contributed by atoms with van der Waals surface area (Å²) in [6.45, 7) is 1.21. The Morgan fingerprint density at radius 1 is 1.19 bits per heavy atom. The van der Waals surface area contributed by atoms with Gasteiger partial charge in [-0.05, 0) is 31.0 Å². The van der Waals surface area contributed by atoms with Crippen LogP contribution in [0.2, 0.25) is 0 Å². The first-order chi connectivity index (χ1) is 15.2. The summed E-state index contributed by atoms with van der Waals surface area (Å²) in [4.78, 5) is 14.6. The number of hydrogen-bond acceptors (Lipinski definition) is 6. The molecule has 11 heteroatoms. The minimum absolute atomic E-state index is 0.0669. The largest absolute Gasteiger partial charge is 0.419 e. The summed E-state index contributed by atoms with van der Waals surface area (Å²) in [5, 5.41) is 9.30. The third-order valence-corrected chi connectivity index (χ3v) is 5.55. The molecule has 0 aliphatic carbocycles. The van der Waals surface area contributed by atoms with Gasteiger partial charge in [0.1, 0.15) is 23.3 Å². The van der Waals surface area contributed by atoms with Gasteiger partial charge in [0.2, 0.25) is 5.95 Å². The van der Waals surface area contributed by atoms with Gasteiger partial charge in [-0.25, -0.2) is 14.4 Å². The number of nitrogen functional groups attached to an aromatic ring is 1. The molecule has 4 rings (SSSR count). The molecule has 0 unspecified atom stereocenters. The van der Waals surface area contributed by atoms with Gasteiger partial charge in [-0.2, -0.15) is 23.4 Å². The lowest BCUT2D eigenvalue weighted by molar-refractivity contribution is -0.139. The summed E-state index contributed by atoms with van der Waals surface area (Å²) >= 11 is 0. The van der Waals surface area contributed by atoms with E-state index >= 15 is 0 Å². The first-order valence-electron chi connectivity index (χ1n) is 9.85. The molecule has 0 radical (unpaired) electrons. The van der Waals surface area contributed by atoms with Crippen molar-refractivity contribution in [2.24, 2.45) is 7.05 Å². The van der Waals surface area contributed by atoms with E-state index in [1.54, 1.807) is 17.8 Å². The molecule has 1 aliphatic heterocycles. The van der Waals surface area contributed by atoms with Crippen LogP contribution in [0.25, 0.3) is 11.3 Å². The van der Waals surface area contributed by atoms with Crippen molar-refractivity contribution in [2.75, 3.05) is 23.7 Å². The van der Waals surface area contributed by atoms with Crippen molar-refractivity contribution in [1.29, 1.82) is 5.26 Å². The molecule has 1 saturated heterocycles. The molecule has 1 fully saturated rings. The van der Waals surface area contributed by atoms with Crippen molar-refractivity contribution < 1.29 is 17.6 Å². The minimum atomic E-state index is -4.78. The Kier molecular flexibility index (Phi) is 5.46. The van der Waals surface area contributed by atoms with Gasteiger partial charge in [0, 0.05) is 37.8 Å². The topological polar surface area (TPSA) is 96.7 Å². The molecule has 7 nitrogen and oxygen atoms in total. The molecule has 3 heterocycles. The Bertz CT molecular complexity index is 1190. The summed E-state index contributed by atoms with van der Waals surface area (Å²) in [7, 11) is 1.78. The standard InChI is InChI=1S/C21H19F4N7/c1-31-11-17(13-2-3-16(22)15(8-13)21(23,24)25)29-18(31)12-4-6-32(7-5-12)19-14(9-26)10-28-20(27)30-19/h2-3,8,10-12H,4-7H2,1H3,(H2,27,28,30). The van der Waals surface area contributed by atoms with Crippen LogP contribution in [0.5, 0.6) is 0 Å². The van der Waals surface area contributed by atoms with Crippen molar-refractivity contribution in [2.45, 2.75) is 24.9 Å². The van der Waals surface area contributed by atoms with E-state index in [0.29, 0.717) is 43.0 Å². The van der Waals surface area contributed by atoms with E-state index in [-0.39, 0.29) is 17.4 Å². The number of halogens is 4. The highest BCUT2D eigenvalue weighted by atomic mass is 19.4. The molecule has 0 atom stereocenters. The number of piperidine rings is 1. The average molecular weight is 445 g/mol. The fourth-order valence-electron chi connectivity index (χ4n) is 3.96. The van der Waals surface area contributed by atoms with Gasteiger partial charge in [0.05, 0.1) is 17.5 Å². The zero-order valence-electron chi connectivity index (χ0n) is 17.1. The number of imidazole rings is 1. The minimum Gasteiger partial charge on any atom is -0.368 e. The number of nitrogens with zero attached hydrogens (tertiary/aromatic N) is 6. The lowest BCUT2D eigenvalue weighted by atomic mass is 9.95. The molecule has 0 bridgehead atoms. The lowest BCUT2D eigenvalue weighted by Gasteiger charge is -2.32. The van der Waals surface area contributed by atoms with Gasteiger partial charge >= 0.3 is 6.18 Å². The van der Waals surface area contributed by atoms with Gasteiger partial charge in [-0.1, -0.05) is 0 Å². The van der Waals surface area contributed by atoms with E-state index in [1.807, 2.05) is 4.90 Å². The lowest BCUT2D eigenvalue weighted by Crippen LogP contribution is -2.35. The van der Waals surface area contributed by atoms with E-state index in [2.05, 4.69) is 21.0 Å². The molecule has 166 valence electrons. The Morgan fingerprint density at radius 3 is 2.56 bits per heavy atom. The quantitative estimate of drug-likeness (QED) is 0.615. The highest BCUT2D eigenvalue weighted by Crippen LogP contribution is 2.35. The van der Waals surface area contributed by atoms with Crippen LogP contribution < -0.4 is 10.6 Å². The normalized spacial score (nSPS) is 15.1. The molecular weight excluding hydrogens is 426 g/mol. The van der Waals surface area contributed by atoms with Gasteiger partial charge in [-0.15, -0.1) is 0 Å². The fourth-order valence-corrected chi connectivity index (χ4v) is 3.96.